The van der Waals surface area contributed by atoms with Crippen molar-refractivity contribution in [2.45, 2.75) is 12.1 Å². The maximum atomic E-state index is 12.2. The fourth-order valence-electron chi connectivity index (χ4n) is 2.62. The van der Waals surface area contributed by atoms with Gasteiger partial charge < -0.3 is 14.6 Å². The number of carbonyl (C=O) groups excluding carboxylic acids is 2. The van der Waals surface area contributed by atoms with Gasteiger partial charge in [-0.3, -0.25) is 9.59 Å². The predicted molar refractivity (Wildman–Crippen MR) is 109 cm³/mol. The third kappa shape index (κ3) is 4.40. The van der Waals surface area contributed by atoms with Gasteiger partial charge in [-0.15, -0.1) is 10.2 Å². The molecule has 1 aromatic heterocycles. The van der Waals surface area contributed by atoms with Gasteiger partial charge in [0, 0.05) is 18.3 Å². The second-order valence-corrected chi connectivity index (χ2v) is 6.98. The number of benzene rings is 2. The fourth-order valence-corrected chi connectivity index (χ4v) is 3.33. The first kappa shape index (κ1) is 19.6. The van der Waals surface area contributed by atoms with Crippen LogP contribution in [0.5, 0.6) is 5.75 Å². The number of hydrogen-bond donors (Lipinski definition) is 1. The van der Waals surface area contributed by atoms with Crippen molar-refractivity contribution >= 4 is 29.1 Å². The molecule has 8 heteroatoms. The molecule has 1 heterocycles. The normalized spacial score (nSPS) is 10.5. The van der Waals surface area contributed by atoms with Crippen LogP contribution in [-0.2, 0) is 11.8 Å². The summed E-state index contributed by atoms with van der Waals surface area (Å²) in [4.78, 5) is 23.5. The van der Waals surface area contributed by atoms with Gasteiger partial charge in [0.25, 0.3) is 0 Å². The highest BCUT2D eigenvalue weighted by atomic mass is 32.2. The zero-order valence-corrected chi connectivity index (χ0v) is 16.6. The molecule has 0 saturated heterocycles. The number of nitrogens with one attached hydrogen (secondary N) is 1. The van der Waals surface area contributed by atoms with E-state index in [1.165, 1.54) is 18.7 Å². The molecule has 1 amide bonds. The van der Waals surface area contributed by atoms with Crippen LogP contribution < -0.4 is 10.1 Å². The number of ether oxygens (including phenoxy) is 1. The number of rotatable bonds is 7. The Kier molecular flexibility index (Phi) is 6.10. The molecule has 0 spiro atoms. The third-order valence-electron chi connectivity index (χ3n) is 4.09. The summed E-state index contributed by atoms with van der Waals surface area (Å²) in [5.41, 5.74) is 2.08. The number of Topliss-reactive ketones (excluding diaryl/α,β-unsaturated/α-hetero) is 1. The Morgan fingerprint density at radius 3 is 2.50 bits per heavy atom. The van der Waals surface area contributed by atoms with E-state index in [1.54, 1.807) is 31.4 Å². The molecule has 0 fully saturated rings. The number of methoxy groups -OCH3 is 1. The van der Waals surface area contributed by atoms with Crippen molar-refractivity contribution in [3.05, 3.63) is 54.1 Å². The summed E-state index contributed by atoms with van der Waals surface area (Å²) in [6.07, 6.45) is 0. The van der Waals surface area contributed by atoms with Crippen molar-refractivity contribution in [3.8, 4) is 17.1 Å². The average molecular weight is 396 g/mol. The van der Waals surface area contributed by atoms with Gasteiger partial charge in [0.15, 0.2) is 16.8 Å². The Hall–Kier alpha value is -3.13. The van der Waals surface area contributed by atoms with Crippen LogP contribution in [-0.4, -0.2) is 39.3 Å². The Bertz CT molecular complexity index is 999. The van der Waals surface area contributed by atoms with Gasteiger partial charge >= 0.3 is 0 Å². The smallest absolute Gasteiger partial charge is 0.234 e. The summed E-state index contributed by atoms with van der Waals surface area (Å²) in [7, 11) is 3.46. The number of thioether (sulfide) groups is 1. The Balaban J connectivity index is 1.64. The molecule has 7 nitrogen and oxygen atoms in total. The van der Waals surface area contributed by atoms with Gasteiger partial charge in [-0.25, -0.2) is 0 Å². The SMILES string of the molecule is COc1ccccc1-c1nnc(SCC(=O)Nc2ccc(C(C)=O)cc2)n1C. The molecule has 1 N–H and O–H groups in total. The number of nitrogens with zero attached hydrogens (tertiary/aromatic N) is 3. The minimum absolute atomic E-state index is 0.0124. The van der Waals surface area contributed by atoms with E-state index in [1.807, 2.05) is 35.9 Å². The molecular weight excluding hydrogens is 376 g/mol. The summed E-state index contributed by atoms with van der Waals surface area (Å²) in [6, 6.07) is 14.4. The molecule has 0 unspecified atom stereocenters. The molecule has 0 aliphatic rings. The molecule has 0 aliphatic carbocycles. The first-order valence-corrected chi connectivity index (χ1v) is 9.54. The lowest BCUT2D eigenvalue weighted by atomic mass is 10.1. The molecule has 0 radical (unpaired) electrons. The van der Waals surface area contributed by atoms with E-state index in [-0.39, 0.29) is 17.4 Å². The van der Waals surface area contributed by atoms with Crippen LogP contribution in [0.2, 0.25) is 0 Å². The van der Waals surface area contributed by atoms with Crippen LogP contribution in [0.1, 0.15) is 17.3 Å². The fraction of sp³-hybridized carbons (Fsp3) is 0.200. The summed E-state index contributed by atoms with van der Waals surface area (Å²) in [5, 5.41) is 11.8. The van der Waals surface area contributed by atoms with Crippen LogP contribution in [0.15, 0.2) is 53.7 Å². The Morgan fingerprint density at radius 1 is 1.11 bits per heavy atom. The predicted octanol–water partition coefficient (Wildman–Crippen LogP) is 3.42. The highest BCUT2D eigenvalue weighted by Crippen LogP contribution is 2.29. The second kappa shape index (κ2) is 8.71. The molecule has 28 heavy (non-hydrogen) atoms. The topological polar surface area (TPSA) is 86.1 Å². The molecule has 0 aliphatic heterocycles. The largest absolute Gasteiger partial charge is 0.496 e. The van der Waals surface area contributed by atoms with E-state index >= 15 is 0 Å². The Labute approximate surface area is 167 Å². The van der Waals surface area contributed by atoms with Crippen LogP contribution in [0.4, 0.5) is 5.69 Å². The number of anilines is 1. The Morgan fingerprint density at radius 2 is 1.82 bits per heavy atom. The van der Waals surface area contributed by atoms with E-state index in [9.17, 15) is 9.59 Å². The van der Waals surface area contributed by atoms with Crippen molar-refractivity contribution < 1.29 is 14.3 Å². The van der Waals surface area contributed by atoms with E-state index in [4.69, 9.17) is 4.74 Å². The summed E-state index contributed by atoms with van der Waals surface area (Å²) < 4.78 is 7.21. The summed E-state index contributed by atoms with van der Waals surface area (Å²) in [5.74, 6) is 1.39. The maximum absolute atomic E-state index is 12.2. The summed E-state index contributed by atoms with van der Waals surface area (Å²) in [6.45, 7) is 1.50. The quantitative estimate of drug-likeness (QED) is 0.486. The number of hydrogen-bond acceptors (Lipinski definition) is 6. The van der Waals surface area contributed by atoms with Crippen LogP contribution >= 0.6 is 11.8 Å². The molecule has 2 aromatic carbocycles. The number of amides is 1. The number of aromatic nitrogens is 3. The molecule has 0 atom stereocenters. The molecule has 3 rings (SSSR count). The molecule has 144 valence electrons. The van der Waals surface area contributed by atoms with Gasteiger partial charge in [0.1, 0.15) is 5.75 Å². The monoisotopic (exact) mass is 396 g/mol. The lowest BCUT2D eigenvalue weighted by Gasteiger charge is -2.08. The zero-order valence-electron chi connectivity index (χ0n) is 15.8. The molecule has 0 bridgehead atoms. The number of ketones is 1. The van der Waals surface area contributed by atoms with Crippen molar-refractivity contribution in [1.82, 2.24) is 14.8 Å². The zero-order chi connectivity index (χ0) is 20.1. The van der Waals surface area contributed by atoms with E-state index in [2.05, 4.69) is 15.5 Å². The van der Waals surface area contributed by atoms with Gasteiger partial charge in [-0.2, -0.15) is 0 Å². The highest BCUT2D eigenvalue weighted by Gasteiger charge is 2.16. The van der Waals surface area contributed by atoms with Gasteiger partial charge in [-0.05, 0) is 43.3 Å². The number of carbonyl (C=O) groups is 2. The van der Waals surface area contributed by atoms with Crippen molar-refractivity contribution in [1.29, 1.82) is 0 Å². The summed E-state index contributed by atoms with van der Waals surface area (Å²) >= 11 is 1.29. The minimum atomic E-state index is -0.164. The van der Waals surface area contributed by atoms with Crippen molar-refractivity contribution in [2.75, 3.05) is 18.2 Å². The maximum Gasteiger partial charge on any atom is 0.234 e. The van der Waals surface area contributed by atoms with Crippen LogP contribution in [0.3, 0.4) is 0 Å². The first-order chi connectivity index (χ1) is 13.5. The van der Waals surface area contributed by atoms with Crippen LogP contribution in [0, 0.1) is 0 Å². The van der Waals surface area contributed by atoms with Gasteiger partial charge in [0.2, 0.25) is 5.91 Å². The van der Waals surface area contributed by atoms with Crippen LogP contribution in [0.25, 0.3) is 11.4 Å². The second-order valence-electron chi connectivity index (χ2n) is 6.04. The number of para-hydroxylation sites is 1. The average Bonchev–Trinajstić information content (AvgIpc) is 3.07. The molecule has 3 aromatic rings. The molecular formula is C20H20N4O3S. The van der Waals surface area contributed by atoms with E-state index < -0.39 is 0 Å². The van der Waals surface area contributed by atoms with E-state index in [0.717, 1.165) is 5.56 Å². The molecule has 0 saturated carbocycles. The van der Waals surface area contributed by atoms with Crippen molar-refractivity contribution in [3.63, 3.8) is 0 Å². The first-order valence-electron chi connectivity index (χ1n) is 8.56. The minimum Gasteiger partial charge on any atom is -0.496 e. The van der Waals surface area contributed by atoms with E-state index in [0.29, 0.717) is 28.0 Å². The van der Waals surface area contributed by atoms with Gasteiger partial charge in [0.05, 0.1) is 18.4 Å². The van der Waals surface area contributed by atoms with Crippen molar-refractivity contribution in [2.24, 2.45) is 7.05 Å². The standard InChI is InChI=1S/C20H20N4O3S/c1-13(25)14-8-10-15(11-9-14)21-18(26)12-28-20-23-22-19(24(20)2)16-6-4-5-7-17(16)27-3/h4-11H,12H2,1-3H3,(H,21,26). The third-order valence-corrected chi connectivity index (χ3v) is 5.11. The highest BCUT2D eigenvalue weighted by molar-refractivity contribution is 7.99. The lowest BCUT2D eigenvalue weighted by molar-refractivity contribution is -0.113. The van der Waals surface area contributed by atoms with Gasteiger partial charge in [-0.1, -0.05) is 23.9 Å². The lowest BCUT2D eigenvalue weighted by Crippen LogP contribution is -2.14.